The minimum absolute atomic E-state index is 0.0166. The lowest BCUT2D eigenvalue weighted by molar-refractivity contribution is -0.178. The molecule has 1 saturated carbocycles. The van der Waals surface area contributed by atoms with Gasteiger partial charge in [0.25, 0.3) is 5.91 Å². The second kappa shape index (κ2) is 10.1. The van der Waals surface area contributed by atoms with Crippen LogP contribution in [-0.2, 0) is 26.2 Å². The Morgan fingerprint density at radius 1 is 1.20 bits per heavy atom. The molecule has 0 spiro atoms. The van der Waals surface area contributed by atoms with E-state index in [1.807, 2.05) is 12.1 Å². The van der Waals surface area contributed by atoms with Gasteiger partial charge in [0, 0.05) is 18.4 Å². The van der Waals surface area contributed by atoms with Crippen molar-refractivity contribution in [2.24, 2.45) is 5.92 Å². The van der Waals surface area contributed by atoms with Crippen LogP contribution in [0.5, 0.6) is 5.88 Å². The summed E-state index contributed by atoms with van der Waals surface area (Å²) in [6.07, 6.45) is 8.15. The molecule has 8 nitrogen and oxygen atoms in total. The van der Waals surface area contributed by atoms with E-state index in [1.54, 1.807) is 0 Å². The highest BCUT2D eigenvalue weighted by Gasteiger charge is 2.47. The highest BCUT2D eigenvalue weighted by Crippen LogP contribution is 2.44. The van der Waals surface area contributed by atoms with Crippen LogP contribution in [-0.4, -0.2) is 44.9 Å². The lowest BCUT2D eigenvalue weighted by Gasteiger charge is -2.41. The first kappa shape index (κ1) is 24.8. The molecule has 0 radical (unpaired) electrons. The van der Waals surface area contributed by atoms with E-state index in [0.717, 1.165) is 43.0 Å². The summed E-state index contributed by atoms with van der Waals surface area (Å²) < 4.78 is 5.93. The number of carbonyl (C=O) groups excluding carboxylic acids is 3. The van der Waals surface area contributed by atoms with Crippen LogP contribution in [0.3, 0.4) is 0 Å². The number of aryl methyl sites for hydroxylation is 1. The Morgan fingerprint density at radius 3 is 2.66 bits per heavy atom. The first-order valence-corrected chi connectivity index (χ1v) is 12.3. The second-order valence-corrected chi connectivity index (χ2v) is 10.4. The van der Waals surface area contributed by atoms with Crippen molar-refractivity contribution in [2.75, 3.05) is 6.54 Å². The molecule has 1 aromatic carbocycles. The Hall–Kier alpha value is -3.29. The number of amides is 1. The number of ketones is 1. The predicted molar refractivity (Wildman–Crippen MR) is 129 cm³/mol. The van der Waals surface area contributed by atoms with Gasteiger partial charge in [-0.05, 0) is 42.7 Å². The summed E-state index contributed by atoms with van der Waals surface area (Å²) in [6, 6.07) is 8.22. The van der Waals surface area contributed by atoms with Gasteiger partial charge in [0.05, 0.1) is 12.4 Å². The molecule has 1 aliphatic carbocycles. The van der Waals surface area contributed by atoms with E-state index in [1.165, 1.54) is 6.20 Å². The number of Topliss-reactive ketones (excluding diaryl/α,β-unsaturated/α-hetero) is 1. The summed E-state index contributed by atoms with van der Waals surface area (Å²) in [4.78, 5) is 44.5. The van der Waals surface area contributed by atoms with Gasteiger partial charge in [0.1, 0.15) is 23.5 Å². The number of carbonyl (C=O) groups is 3. The Labute approximate surface area is 205 Å². The Kier molecular flexibility index (Phi) is 7.19. The second-order valence-electron chi connectivity index (χ2n) is 10.4. The number of nitrogens with zero attached hydrogens (tertiary/aromatic N) is 2. The lowest BCUT2D eigenvalue weighted by Crippen LogP contribution is -2.48. The van der Waals surface area contributed by atoms with Gasteiger partial charge in [-0.1, -0.05) is 51.0 Å². The predicted octanol–water partition coefficient (Wildman–Crippen LogP) is 3.66. The van der Waals surface area contributed by atoms with Crippen LogP contribution in [0.2, 0.25) is 0 Å². The SMILES string of the molecule is CC(C)(CNC(=O)c1cnc(O)cn1)c1cccc(CCC2(C3CCCC3)CC(=O)CC(=O)O2)c1. The normalized spacial score (nSPS) is 21.1. The molecule has 2 N–H and O–H groups in total. The molecule has 186 valence electrons. The molecule has 1 aliphatic heterocycles. The Balaban J connectivity index is 1.43. The summed E-state index contributed by atoms with van der Waals surface area (Å²) in [7, 11) is 0. The van der Waals surface area contributed by atoms with Crippen molar-refractivity contribution in [3.05, 3.63) is 53.5 Å². The van der Waals surface area contributed by atoms with Gasteiger partial charge in [0.15, 0.2) is 0 Å². The summed E-state index contributed by atoms with van der Waals surface area (Å²) in [5.41, 5.74) is 1.28. The van der Waals surface area contributed by atoms with Crippen molar-refractivity contribution < 1.29 is 24.2 Å². The zero-order valence-corrected chi connectivity index (χ0v) is 20.4. The fourth-order valence-electron chi connectivity index (χ4n) is 5.32. The summed E-state index contributed by atoms with van der Waals surface area (Å²) in [6.45, 7) is 4.49. The number of nitrogens with one attached hydrogen (secondary N) is 1. The van der Waals surface area contributed by atoms with Gasteiger partial charge in [-0.15, -0.1) is 0 Å². The van der Waals surface area contributed by atoms with Gasteiger partial charge >= 0.3 is 5.97 Å². The molecule has 2 fully saturated rings. The number of hydrogen-bond donors (Lipinski definition) is 2. The van der Waals surface area contributed by atoms with Crippen LogP contribution < -0.4 is 5.32 Å². The topological polar surface area (TPSA) is 118 Å². The van der Waals surface area contributed by atoms with Crippen LogP contribution in [0.1, 0.15) is 80.4 Å². The maximum absolute atomic E-state index is 12.4. The zero-order chi connectivity index (χ0) is 25.1. The van der Waals surface area contributed by atoms with Crippen LogP contribution in [0, 0.1) is 5.92 Å². The van der Waals surface area contributed by atoms with E-state index in [4.69, 9.17) is 4.74 Å². The van der Waals surface area contributed by atoms with Crippen molar-refractivity contribution in [3.8, 4) is 5.88 Å². The van der Waals surface area contributed by atoms with E-state index in [-0.39, 0.29) is 41.0 Å². The third kappa shape index (κ3) is 5.86. The van der Waals surface area contributed by atoms with Crippen LogP contribution in [0.15, 0.2) is 36.7 Å². The average molecular weight is 480 g/mol. The molecule has 1 amide bonds. The van der Waals surface area contributed by atoms with Crippen LogP contribution in [0.4, 0.5) is 0 Å². The molecule has 1 saturated heterocycles. The van der Waals surface area contributed by atoms with Gasteiger partial charge < -0.3 is 15.2 Å². The van der Waals surface area contributed by atoms with E-state index in [2.05, 4.69) is 41.3 Å². The fourth-order valence-corrected chi connectivity index (χ4v) is 5.32. The highest BCUT2D eigenvalue weighted by molar-refractivity contribution is 5.98. The minimum atomic E-state index is -0.687. The molecule has 1 atom stereocenters. The van der Waals surface area contributed by atoms with Gasteiger partial charge in [-0.25, -0.2) is 9.97 Å². The summed E-state index contributed by atoms with van der Waals surface area (Å²) >= 11 is 0. The molecular weight excluding hydrogens is 446 g/mol. The molecule has 2 heterocycles. The van der Waals surface area contributed by atoms with E-state index < -0.39 is 11.6 Å². The number of hydrogen-bond acceptors (Lipinski definition) is 7. The first-order valence-electron chi connectivity index (χ1n) is 12.3. The van der Waals surface area contributed by atoms with Crippen LogP contribution >= 0.6 is 0 Å². The molecule has 2 aromatic rings. The largest absolute Gasteiger partial charge is 0.492 e. The Bertz CT molecular complexity index is 1070. The fraction of sp³-hybridized carbons (Fsp3) is 0.519. The summed E-state index contributed by atoms with van der Waals surface area (Å²) in [5, 5.41) is 12.2. The van der Waals surface area contributed by atoms with E-state index in [9.17, 15) is 19.5 Å². The standard InChI is InChI=1S/C27H33N3O5/c1-26(2,17-30-25(34)22-15-29-23(32)16-28-22)20-9-5-6-18(12-20)10-11-27(19-7-3-4-8-19)14-21(31)13-24(33)35-27/h5-6,9,12,15-16,19H,3-4,7-8,10-11,13-14,17H2,1-2H3,(H,29,32)(H,30,34). The molecule has 1 aromatic heterocycles. The van der Waals surface area contributed by atoms with Gasteiger partial charge in [0.2, 0.25) is 5.88 Å². The highest BCUT2D eigenvalue weighted by atomic mass is 16.6. The number of cyclic esters (lactones) is 1. The van der Waals surface area contributed by atoms with E-state index in [0.29, 0.717) is 25.8 Å². The molecular formula is C27H33N3O5. The quantitative estimate of drug-likeness (QED) is 0.438. The molecule has 35 heavy (non-hydrogen) atoms. The number of benzene rings is 1. The smallest absolute Gasteiger partial charge is 0.313 e. The lowest BCUT2D eigenvalue weighted by atomic mass is 9.75. The van der Waals surface area contributed by atoms with Crippen molar-refractivity contribution in [1.82, 2.24) is 15.3 Å². The maximum atomic E-state index is 12.4. The average Bonchev–Trinajstić information content (AvgIpc) is 3.37. The first-order chi connectivity index (χ1) is 16.7. The Morgan fingerprint density at radius 2 is 1.97 bits per heavy atom. The molecule has 8 heteroatoms. The zero-order valence-electron chi connectivity index (χ0n) is 20.4. The van der Waals surface area contributed by atoms with Gasteiger partial charge in [-0.2, -0.15) is 0 Å². The summed E-state index contributed by atoms with van der Waals surface area (Å²) in [5.74, 6) is -0.757. The third-order valence-electron chi connectivity index (χ3n) is 7.36. The van der Waals surface area contributed by atoms with Crippen molar-refractivity contribution in [3.63, 3.8) is 0 Å². The monoisotopic (exact) mass is 479 g/mol. The number of esters is 1. The number of aromatic nitrogens is 2. The molecule has 2 aliphatic rings. The minimum Gasteiger partial charge on any atom is -0.492 e. The number of ether oxygens (including phenoxy) is 1. The van der Waals surface area contributed by atoms with Crippen LogP contribution in [0.25, 0.3) is 0 Å². The van der Waals surface area contributed by atoms with Crippen molar-refractivity contribution >= 4 is 17.7 Å². The number of rotatable bonds is 8. The third-order valence-corrected chi connectivity index (χ3v) is 7.36. The van der Waals surface area contributed by atoms with E-state index >= 15 is 0 Å². The molecule has 0 bridgehead atoms. The number of aromatic hydroxyl groups is 1. The van der Waals surface area contributed by atoms with Gasteiger partial charge in [-0.3, -0.25) is 14.4 Å². The van der Waals surface area contributed by atoms with Crippen molar-refractivity contribution in [2.45, 2.75) is 76.2 Å². The molecule has 4 rings (SSSR count). The maximum Gasteiger partial charge on any atom is 0.313 e. The molecule has 1 unspecified atom stereocenters. The van der Waals surface area contributed by atoms with Crippen molar-refractivity contribution in [1.29, 1.82) is 0 Å².